The summed E-state index contributed by atoms with van der Waals surface area (Å²) in [6, 6.07) is 7.37. The van der Waals surface area contributed by atoms with Crippen LogP contribution in [0, 0.1) is 6.92 Å². The number of nitrogens with zero attached hydrogens (tertiary/aromatic N) is 4. The van der Waals surface area contributed by atoms with Crippen LogP contribution >= 0.6 is 11.6 Å². The SMILES string of the molecule is CCn1c(=O)[nH]c2cc(CN3CCN(c4c(C)cc(C(=O)NC)nc4Cl)CC3)ccc2c1=O. The highest BCUT2D eigenvalue weighted by Crippen LogP contribution is 2.30. The van der Waals surface area contributed by atoms with Crippen LogP contribution in [0.1, 0.15) is 28.5 Å². The number of H-pyrrole nitrogens is 1. The van der Waals surface area contributed by atoms with Crippen LogP contribution in [0.2, 0.25) is 5.15 Å². The fraction of sp³-hybridized carbons (Fsp3) is 0.391. The van der Waals surface area contributed by atoms with E-state index in [0.29, 0.717) is 34.8 Å². The summed E-state index contributed by atoms with van der Waals surface area (Å²) in [6.07, 6.45) is 0. The van der Waals surface area contributed by atoms with Crippen LogP contribution < -0.4 is 21.5 Å². The monoisotopic (exact) mass is 470 g/mol. The number of hydrogen-bond acceptors (Lipinski definition) is 6. The Kier molecular flexibility index (Phi) is 6.53. The first-order valence-corrected chi connectivity index (χ1v) is 11.3. The number of benzene rings is 1. The summed E-state index contributed by atoms with van der Waals surface area (Å²) in [4.78, 5) is 48.1. The number of anilines is 1. The summed E-state index contributed by atoms with van der Waals surface area (Å²) >= 11 is 6.44. The first-order chi connectivity index (χ1) is 15.8. The molecule has 1 aliphatic heterocycles. The molecular weight excluding hydrogens is 444 g/mol. The number of amides is 1. The third-order valence-corrected chi connectivity index (χ3v) is 6.32. The van der Waals surface area contributed by atoms with Crippen LogP contribution in [-0.4, -0.2) is 58.6 Å². The highest BCUT2D eigenvalue weighted by Gasteiger charge is 2.23. The molecule has 0 radical (unpaired) electrons. The molecule has 0 aliphatic carbocycles. The van der Waals surface area contributed by atoms with Gasteiger partial charge in [-0.3, -0.25) is 19.1 Å². The number of aryl methyl sites for hydroxylation is 1. The summed E-state index contributed by atoms with van der Waals surface area (Å²) in [5.74, 6) is -0.262. The van der Waals surface area contributed by atoms with E-state index in [-0.39, 0.29) is 17.2 Å². The van der Waals surface area contributed by atoms with Crippen molar-refractivity contribution in [3.8, 4) is 0 Å². The maximum Gasteiger partial charge on any atom is 0.328 e. The number of aromatic nitrogens is 3. The van der Waals surface area contributed by atoms with E-state index in [9.17, 15) is 14.4 Å². The van der Waals surface area contributed by atoms with Gasteiger partial charge in [0.25, 0.3) is 11.5 Å². The molecular formula is C23H27ClN6O3. The van der Waals surface area contributed by atoms with E-state index in [1.807, 2.05) is 19.1 Å². The summed E-state index contributed by atoms with van der Waals surface area (Å²) in [5.41, 5.74) is 3.03. The van der Waals surface area contributed by atoms with Gasteiger partial charge in [0.2, 0.25) is 0 Å². The largest absolute Gasteiger partial charge is 0.366 e. The number of fused-ring (bicyclic) bond motifs is 1. The van der Waals surface area contributed by atoms with E-state index in [2.05, 4.69) is 25.1 Å². The Morgan fingerprint density at radius 2 is 1.91 bits per heavy atom. The van der Waals surface area contributed by atoms with Crippen molar-refractivity contribution in [3.05, 3.63) is 67.1 Å². The highest BCUT2D eigenvalue weighted by atomic mass is 35.5. The Morgan fingerprint density at radius 3 is 2.55 bits per heavy atom. The van der Waals surface area contributed by atoms with Crippen LogP contribution in [0.4, 0.5) is 5.69 Å². The Hall–Kier alpha value is -3.17. The number of carbonyl (C=O) groups excluding carboxylic acids is 1. The van der Waals surface area contributed by atoms with Crippen LogP contribution in [-0.2, 0) is 13.1 Å². The average Bonchev–Trinajstić information content (AvgIpc) is 2.79. The third kappa shape index (κ3) is 4.51. The van der Waals surface area contributed by atoms with E-state index < -0.39 is 0 Å². The molecule has 0 unspecified atom stereocenters. The second-order valence-corrected chi connectivity index (χ2v) is 8.52. The maximum absolute atomic E-state index is 12.5. The van der Waals surface area contributed by atoms with Gasteiger partial charge in [0.05, 0.1) is 16.6 Å². The molecule has 2 aromatic heterocycles. The zero-order valence-electron chi connectivity index (χ0n) is 18.9. The van der Waals surface area contributed by atoms with Crippen molar-refractivity contribution in [1.82, 2.24) is 24.8 Å². The van der Waals surface area contributed by atoms with Crippen LogP contribution in [0.3, 0.4) is 0 Å². The fourth-order valence-corrected chi connectivity index (χ4v) is 4.69. The van der Waals surface area contributed by atoms with Crippen molar-refractivity contribution in [2.45, 2.75) is 26.9 Å². The molecule has 174 valence electrons. The maximum atomic E-state index is 12.5. The molecule has 3 heterocycles. The minimum Gasteiger partial charge on any atom is -0.366 e. The number of carbonyl (C=O) groups is 1. The van der Waals surface area contributed by atoms with Gasteiger partial charge in [-0.2, -0.15) is 0 Å². The van der Waals surface area contributed by atoms with Gasteiger partial charge in [0, 0.05) is 46.3 Å². The molecule has 10 heteroatoms. The van der Waals surface area contributed by atoms with Gasteiger partial charge in [-0.1, -0.05) is 17.7 Å². The Balaban J connectivity index is 1.47. The van der Waals surface area contributed by atoms with Crippen LogP contribution in [0.15, 0.2) is 33.9 Å². The lowest BCUT2D eigenvalue weighted by molar-refractivity contribution is 0.0958. The smallest absolute Gasteiger partial charge is 0.328 e. The molecule has 0 atom stereocenters. The molecule has 9 nitrogen and oxygen atoms in total. The van der Waals surface area contributed by atoms with Gasteiger partial charge >= 0.3 is 5.69 Å². The van der Waals surface area contributed by atoms with Crippen molar-refractivity contribution in [3.63, 3.8) is 0 Å². The van der Waals surface area contributed by atoms with Gasteiger partial charge < -0.3 is 15.2 Å². The van der Waals surface area contributed by atoms with Gasteiger partial charge in [-0.15, -0.1) is 0 Å². The van der Waals surface area contributed by atoms with E-state index in [4.69, 9.17) is 11.6 Å². The molecule has 0 saturated carbocycles. The van der Waals surface area contributed by atoms with Crippen molar-refractivity contribution in [2.24, 2.45) is 0 Å². The summed E-state index contributed by atoms with van der Waals surface area (Å²) < 4.78 is 1.20. The highest BCUT2D eigenvalue weighted by molar-refractivity contribution is 6.32. The normalized spacial score (nSPS) is 14.6. The predicted octanol–water partition coefficient (Wildman–Crippen LogP) is 1.75. The van der Waals surface area contributed by atoms with Gasteiger partial charge in [0.15, 0.2) is 5.15 Å². The number of rotatable bonds is 5. The number of aromatic amines is 1. The molecule has 1 fully saturated rings. The minimum absolute atomic E-state index is 0.262. The lowest BCUT2D eigenvalue weighted by Crippen LogP contribution is -2.46. The second-order valence-electron chi connectivity index (χ2n) is 8.17. The van der Waals surface area contributed by atoms with E-state index >= 15 is 0 Å². The fourth-order valence-electron chi connectivity index (χ4n) is 4.33. The van der Waals surface area contributed by atoms with Crippen molar-refractivity contribution in [1.29, 1.82) is 0 Å². The van der Waals surface area contributed by atoms with Gasteiger partial charge in [-0.05, 0) is 43.2 Å². The third-order valence-electron chi connectivity index (χ3n) is 6.06. The Bertz CT molecular complexity index is 1300. The Morgan fingerprint density at radius 1 is 1.18 bits per heavy atom. The standard InChI is InChI=1S/C23H27ClN6O3/c1-4-30-22(32)16-6-5-15(12-17(16)27-23(30)33)13-28-7-9-29(10-8-28)19-14(2)11-18(21(31)25-3)26-20(19)24/h5-6,11-12H,4,7-10,13H2,1-3H3,(H,25,31)(H,27,33). The summed E-state index contributed by atoms with van der Waals surface area (Å²) in [7, 11) is 1.56. The van der Waals surface area contributed by atoms with E-state index in [1.54, 1.807) is 26.1 Å². The summed E-state index contributed by atoms with van der Waals surface area (Å²) in [6.45, 7) is 7.94. The lowest BCUT2D eigenvalue weighted by atomic mass is 10.1. The average molecular weight is 471 g/mol. The second kappa shape index (κ2) is 9.36. The van der Waals surface area contributed by atoms with Gasteiger partial charge in [-0.25, -0.2) is 9.78 Å². The van der Waals surface area contributed by atoms with Crippen LogP contribution in [0.25, 0.3) is 10.9 Å². The summed E-state index contributed by atoms with van der Waals surface area (Å²) in [5, 5.41) is 3.42. The molecule has 4 rings (SSSR count). The molecule has 33 heavy (non-hydrogen) atoms. The number of piperazine rings is 1. The molecule has 3 aromatic rings. The zero-order chi connectivity index (χ0) is 23.7. The molecule has 1 amide bonds. The predicted molar refractivity (Wildman–Crippen MR) is 129 cm³/mol. The zero-order valence-corrected chi connectivity index (χ0v) is 19.7. The Labute approximate surface area is 196 Å². The van der Waals surface area contributed by atoms with Crippen molar-refractivity contribution >= 4 is 34.1 Å². The molecule has 2 N–H and O–H groups in total. The van der Waals surface area contributed by atoms with Crippen molar-refractivity contribution < 1.29 is 4.79 Å². The van der Waals surface area contributed by atoms with Crippen LogP contribution in [0.5, 0.6) is 0 Å². The van der Waals surface area contributed by atoms with Crippen molar-refractivity contribution in [2.75, 3.05) is 38.1 Å². The first kappa shape index (κ1) is 23.0. The molecule has 0 bridgehead atoms. The topological polar surface area (TPSA) is 103 Å². The van der Waals surface area contributed by atoms with Gasteiger partial charge in [0.1, 0.15) is 5.69 Å². The lowest BCUT2D eigenvalue weighted by Gasteiger charge is -2.37. The van der Waals surface area contributed by atoms with E-state index in [0.717, 1.165) is 43.0 Å². The number of hydrogen-bond donors (Lipinski definition) is 2. The first-order valence-electron chi connectivity index (χ1n) is 10.9. The van der Waals surface area contributed by atoms with E-state index in [1.165, 1.54) is 4.57 Å². The molecule has 1 aromatic carbocycles. The minimum atomic E-state index is -0.385. The number of pyridine rings is 1. The molecule has 0 spiro atoms. The number of halogens is 1. The quantitative estimate of drug-likeness (QED) is 0.551. The molecule has 1 aliphatic rings. The molecule has 1 saturated heterocycles. The number of nitrogens with one attached hydrogen (secondary N) is 2.